The van der Waals surface area contributed by atoms with E-state index >= 15 is 0 Å². The first-order valence-corrected chi connectivity index (χ1v) is 6.95. The van der Waals surface area contributed by atoms with E-state index in [1.54, 1.807) is 6.92 Å². The predicted octanol–water partition coefficient (Wildman–Crippen LogP) is 1.69. The van der Waals surface area contributed by atoms with Crippen molar-refractivity contribution in [3.8, 4) is 0 Å². The highest BCUT2D eigenvalue weighted by Gasteiger charge is 2.24. The van der Waals surface area contributed by atoms with Crippen LogP contribution in [0.1, 0.15) is 31.2 Å². The van der Waals surface area contributed by atoms with Crippen LogP contribution in [0.3, 0.4) is 0 Å². The van der Waals surface area contributed by atoms with E-state index in [1.165, 1.54) is 0 Å². The second-order valence-corrected chi connectivity index (χ2v) is 5.91. The van der Waals surface area contributed by atoms with Gasteiger partial charge in [0, 0.05) is 17.2 Å². The number of hydrogen-bond donors (Lipinski definition) is 0. The third-order valence-electron chi connectivity index (χ3n) is 1.80. The van der Waals surface area contributed by atoms with Gasteiger partial charge in [0.1, 0.15) is 17.1 Å². The summed E-state index contributed by atoms with van der Waals surface area (Å²) in [6.07, 6.45) is -2.23. The van der Waals surface area contributed by atoms with E-state index < -0.39 is 26.9 Å². The first-order chi connectivity index (χ1) is 7.35. The SMILES string of the molecule is CCCn1nnc(CS(=O)(=O)Cl)c1C(F)F. The Morgan fingerprint density at radius 1 is 1.50 bits per heavy atom. The molecule has 1 rings (SSSR count). The molecule has 0 saturated heterocycles. The summed E-state index contributed by atoms with van der Waals surface area (Å²) in [6.45, 7) is 2.05. The van der Waals surface area contributed by atoms with Gasteiger partial charge >= 0.3 is 0 Å². The molecule has 0 aliphatic heterocycles. The molecule has 16 heavy (non-hydrogen) atoms. The van der Waals surface area contributed by atoms with Crippen LogP contribution in [0.2, 0.25) is 0 Å². The molecule has 0 saturated carbocycles. The third kappa shape index (κ3) is 3.38. The highest BCUT2D eigenvalue weighted by Crippen LogP contribution is 2.23. The van der Waals surface area contributed by atoms with Crippen molar-refractivity contribution in [2.24, 2.45) is 0 Å². The lowest BCUT2D eigenvalue weighted by Gasteiger charge is -2.04. The van der Waals surface area contributed by atoms with E-state index in [0.29, 0.717) is 6.42 Å². The molecule has 0 bridgehead atoms. The molecule has 1 heterocycles. The maximum Gasteiger partial charge on any atom is 0.281 e. The molecule has 9 heteroatoms. The molecule has 5 nitrogen and oxygen atoms in total. The Hall–Kier alpha value is -0.760. The van der Waals surface area contributed by atoms with Crippen molar-refractivity contribution in [2.75, 3.05) is 0 Å². The normalized spacial score (nSPS) is 12.3. The smallest absolute Gasteiger partial charge is 0.243 e. The quantitative estimate of drug-likeness (QED) is 0.766. The molecule has 1 aromatic rings. The van der Waals surface area contributed by atoms with Gasteiger partial charge in [0.15, 0.2) is 0 Å². The summed E-state index contributed by atoms with van der Waals surface area (Å²) in [7, 11) is 1.07. The van der Waals surface area contributed by atoms with Crippen molar-refractivity contribution in [3.05, 3.63) is 11.4 Å². The summed E-state index contributed by atoms with van der Waals surface area (Å²) in [5, 5.41) is 6.89. The lowest BCUT2D eigenvalue weighted by molar-refractivity contribution is 0.138. The molecular formula is C7H10ClF2N3O2S. The van der Waals surface area contributed by atoms with Crippen LogP contribution in [-0.2, 0) is 21.3 Å². The number of alkyl halides is 2. The molecule has 0 radical (unpaired) electrons. The maximum atomic E-state index is 12.7. The Balaban J connectivity index is 3.10. The van der Waals surface area contributed by atoms with Crippen molar-refractivity contribution in [1.82, 2.24) is 15.0 Å². The number of aryl methyl sites for hydroxylation is 1. The molecule has 0 aliphatic rings. The molecule has 92 valence electrons. The average Bonchev–Trinajstić information content (AvgIpc) is 2.45. The monoisotopic (exact) mass is 273 g/mol. The highest BCUT2D eigenvalue weighted by molar-refractivity contribution is 8.13. The fraction of sp³-hybridized carbons (Fsp3) is 0.714. The van der Waals surface area contributed by atoms with Crippen molar-refractivity contribution in [3.63, 3.8) is 0 Å². The van der Waals surface area contributed by atoms with Gasteiger partial charge in [-0.3, -0.25) is 0 Å². The summed E-state index contributed by atoms with van der Waals surface area (Å²) in [5.74, 6) is -0.738. The number of aromatic nitrogens is 3. The molecule has 0 N–H and O–H groups in total. The minimum absolute atomic E-state index is 0.259. The van der Waals surface area contributed by atoms with Crippen LogP contribution in [0.25, 0.3) is 0 Å². The number of rotatable bonds is 5. The molecule has 0 spiro atoms. The maximum absolute atomic E-state index is 12.7. The Bertz CT molecular complexity index is 460. The molecule has 0 unspecified atom stereocenters. The molecular weight excluding hydrogens is 264 g/mol. The van der Waals surface area contributed by atoms with Crippen LogP contribution >= 0.6 is 10.7 Å². The fourth-order valence-electron chi connectivity index (χ4n) is 1.24. The topological polar surface area (TPSA) is 64.8 Å². The van der Waals surface area contributed by atoms with Crippen LogP contribution in [0.15, 0.2) is 0 Å². The molecule has 0 amide bonds. The van der Waals surface area contributed by atoms with Gasteiger partial charge < -0.3 is 0 Å². The Labute approximate surface area is 95.8 Å². The van der Waals surface area contributed by atoms with E-state index in [1.807, 2.05) is 0 Å². The van der Waals surface area contributed by atoms with Crippen molar-refractivity contribution in [1.29, 1.82) is 0 Å². The van der Waals surface area contributed by atoms with E-state index in [-0.39, 0.29) is 12.2 Å². The third-order valence-corrected chi connectivity index (χ3v) is 2.74. The van der Waals surface area contributed by atoms with Gasteiger partial charge in [-0.15, -0.1) is 5.10 Å². The van der Waals surface area contributed by atoms with E-state index in [9.17, 15) is 17.2 Å². The van der Waals surface area contributed by atoms with Crippen molar-refractivity contribution < 1.29 is 17.2 Å². The lowest BCUT2D eigenvalue weighted by atomic mass is 10.3. The Morgan fingerprint density at radius 2 is 2.12 bits per heavy atom. The van der Waals surface area contributed by atoms with Gasteiger partial charge in [-0.05, 0) is 6.42 Å². The number of hydrogen-bond acceptors (Lipinski definition) is 4. The largest absolute Gasteiger partial charge is 0.281 e. The lowest BCUT2D eigenvalue weighted by Crippen LogP contribution is -2.07. The van der Waals surface area contributed by atoms with Crippen molar-refractivity contribution >= 4 is 19.7 Å². The second-order valence-electron chi connectivity index (χ2n) is 3.13. The van der Waals surface area contributed by atoms with Gasteiger partial charge in [-0.25, -0.2) is 21.9 Å². The zero-order chi connectivity index (χ0) is 12.3. The van der Waals surface area contributed by atoms with Crippen LogP contribution < -0.4 is 0 Å². The van der Waals surface area contributed by atoms with Gasteiger partial charge in [-0.2, -0.15) is 0 Å². The van der Waals surface area contributed by atoms with Gasteiger partial charge in [0.25, 0.3) is 6.43 Å². The summed E-state index contributed by atoms with van der Waals surface area (Å²) < 4.78 is 47.9. The minimum Gasteiger partial charge on any atom is -0.243 e. The molecule has 0 fully saturated rings. The van der Waals surface area contributed by atoms with Crippen molar-refractivity contribution in [2.45, 2.75) is 32.1 Å². The Morgan fingerprint density at radius 3 is 2.56 bits per heavy atom. The van der Waals surface area contributed by atoms with Gasteiger partial charge in [0.05, 0.1) is 0 Å². The zero-order valence-electron chi connectivity index (χ0n) is 8.40. The number of halogens is 3. The molecule has 0 aromatic carbocycles. The summed E-state index contributed by atoms with van der Waals surface area (Å²) >= 11 is 0. The standard InChI is InChI=1S/C7H10ClF2N3O2S/c1-2-3-13-6(7(9)10)5(11-12-13)4-16(8,14)15/h7H,2-4H2,1H3. The first-order valence-electron chi connectivity index (χ1n) is 4.48. The summed E-state index contributed by atoms with van der Waals surface area (Å²) in [4.78, 5) is 0. The molecule has 0 atom stereocenters. The van der Waals surface area contributed by atoms with Crippen LogP contribution in [-0.4, -0.2) is 23.4 Å². The number of nitrogens with zero attached hydrogens (tertiary/aromatic N) is 3. The summed E-state index contributed by atoms with van der Waals surface area (Å²) in [5.41, 5.74) is -0.774. The Kier molecular flexibility index (Phi) is 4.20. The minimum atomic E-state index is -3.91. The van der Waals surface area contributed by atoms with E-state index in [4.69, 9.17) is 10.7 Å². The van der Waals surface area contributed by atoms with Crippen LogP contribution in [0.4, 0.5) is 8.78 Å². The zero-order valence-corrected chi connectivity index (χ0v) is 9.97. The van der Waals surface area contributed by atoms with Crippen LogP contribution in [0.5, 0.6) is 0 Å². The van der Waals surface area contributed by atoms with E-state index in [2.05, 4.69) is 10.3 Å². The van der Waals surface area contributed by atoms with Crippen LogP contribution in [0, 0.1) is 0 Å². The van der Waals surface area contributed by atoms with Gasteiger partial charge in [-0.1, -0.05) is 12.1 Å². The highest BCUT2D eigenvalue weighted by atomic mass is 35.7. The van der Waals surface area contributed by atoms with E-state index in [0.717, 1.165) is 4.68 Å². The fourth-order valence-corrected chi connectivity index (χ4v) is 2.08. The molecule has 0 aliphatic carbocycles. The van der Waals surface area contributed by atoms with Gasteiger partial charge in [0.2, 0.25) is 9.05 Å². The molecule has 1 aromatic heterocycles. The predicted molar refractivity (Wildman–Crippen MR) is 53.7 cm³/mol. The summed E-state index contributed by atoms with van der Waals surface area (Å²) in [6, 6.07) is 0. The second kappa shape index (κ2) is 5.05. The first kappa shape index (κ1) is 13.3. The average molecular weight is 274 g/mol.